The maximum atomic E-state index is 13.6. The van der Waals surface area contributed by atoms with E-state index in [0.717, 1.165) is 12.1 Å². The van der Waals surface area contributed by atoms with Crippen LogP contribution in [0.4, 0.5) is 8.78 Å². The van der Waals surface area contributed by atoms with E-state index >= 15 is 0 Å². The molecule has 0 radical (unpaired) electrons. The van der Waals surface area contributed by atoms with E-state index in [2.05, 4.69) is 0 Å². The zero-order valence-corrected chi connectivity index (χ0v) is 9.46. The monoisotopic (exact) mass is 228 g/mol. The van der Waals surface area contributed by atoms with Crippen LogP contribution in [0.3, 0.4) is 0 Å². The summed E-state index contributed by atoms with van der Waals surface area (Å²) in [7, 11) is 0. The fraction of sp³-hybridized carbons (Fsp3) is 0.417. The summed E-state index contributed by atoms with van der Waals surface area (Å²) in [6.07, 6.45) is -1.88. The molecule has 0 aliphatic heterocycles. The molecule has 0 aliphatic carbocycles. The highest BCUT2D eigenvalue weighted by Gasteiger charge is 2.26. The molecule has 0 N–H and O–H groups in total. The van der Waals surface area contributed by atoms with Crippen molar-refractivity contribution in [3.8, 4) is 0 Å². The predicted molar refractivity (Wildman–Crippen MR) is 56.1 cm³/mol. The first-order chi connectivity index (χ1) is 7.29. The molecular weight excluding hydrogens is 214 g/mol. The molecule has 0 amide bonds. The molecular formula is C12H14F2O2. The molecule has 0 saturated heterocycles. The van der Waals surface area contributed by atoms with Crippen LogP contribution >= 0.6 is 0 Å². The third kappa shape index (κ3) is 3.61. The fourth-order valence-corrected chi connectivity index (χ4v) is 1.12. The predicted octanol–water partition coefficient (Wildman–Crippen LogP) is 3.18. The van der Waals surface area contributed by atoms with Crippen LogP contribution in [0.15, 0.2) is 24.3 Å². The Hall–Kier alpha value is -1.45. The lowest BCUT2D eigenvalue weighted by atomic mass is 10.1. The third-order valence-corrected chi connectivity index (χ3v) is 1.78. The molecule has 1 aromatic carbocycles. The molecule has 0 aromatic heterocycles. The lowest BCUT2D eigenvalue weighted by Crippen LogP contribution is -2.26. The van der Waals surface area contributed by atoms with Gasteiger partial charge in [0.25, 0.3) is 0 Å². The molecule has 1 rings (SSSR count). The highest BCUT2D eigenvalue weighted by atomic mass is 19.1. The Labute approximate surface area is 93.2 Å². The topological polar surface area (TPSA) is 26.3 Å². The van der Waals surface area contributed by atoms with Crippen molar-refractivity contribution < 1.29 is 18.3 Å². The molecule has 1 unspecified atom stereocenters. The second kappa shape index (κ2) is 4.60. The average Bonchev–Trinajstić information content (AvgIpc) is 2.15. The van der Waals surface area contributed by atoms with Gasteiger partial charge in [0.15, 0.2) is 0 Å². The van der Waals surface area contributed by atoms with Gasteiger partial charge >= 0.3 is 5.97 Å². The van der Waals surface area contributed by atoms with Crippen molar-refractivity contribution in [1.82, 2.24) is 0 Å². The molecule has 0 fully saturated rings. The Morgan fingerprint density at radius 3 is 2.19 bits per heavy atom. The molecule has 0 aliphatic rings. The van der Waals surface area contributed by atoms with Crippen molar-refractivity contribution in [2.75, 3.05) is 0 Å². The lowest BCUT2D eigenvalue weighted by molar-refractivity contribution is -0.161. The van der Waals surface area contributed by atoms with Crippen molar-refractivity contribution in [2.24, 2.45) is 0 Å². The maximum absolute atomic E-state index is 13.6. The van der Waals surface area contributed by atoms with Gasteiger partial charge in [0.2, 0.25) is 6.17 Å². The second-order valence-electron chi connectivity index (χ2n) is 4.45. The van der Waals surface area contributed by atoms with Crippen LogP contribution in [0.2, 0.25) is 0 Å². The van der Waals surface area contributed by atoms with Crippen LogP contribution in [0.1, 0.15) is 32.5 Å². The average molecular weight is 228 g/mol. The number of hydrogen-bond acceptors (Lipinski definition) is 2. The minimum atomic E-state index is -1.88. The standard InChI is InChI=1S/C12H14F2O2/c1-12(2,3)16-11(15)10(14)8-4-6-9(13)7-5-8/h4-7,10H,1-3H3. The molecule has 1 atom stereocenters. The molecule has 0 bridgehead atoms. The number of alkyl halides is 1. The number of hydrogen-bond donors (Lipinski definition) is 0. The van der Waals surface area contributed by atoms with Crippen molar-refractivity contribution in [3.05, 3.63) is 35.6 Å². The highest BCUT2D eigenvalue weighted by Crippen LogP contribution is 2.22. The molecule has 88 valence electrons. The summed E-state index contributed by atoms with van der Waals surface area (Å²) in [6.45, 7) is 4.97. The number of ether oxygens (including phenoxy) is 1. The summed E-state index contributed by atoms with van der Waals surface area (Å²) < 4.78 is 31.1. The first-order valence-electron chi connectivity index (χ1n) is 4.92. The van der Waals surface area contributed by atoms with E-state index in [1.807, 2.05) is 0 Å². The van der Waals surface area contributed by atoms with Gasteiger partial charge in [-0.2, -0.15) is 0 Å². The van der Waals surface area contributed by atoms with Crippen LogP contribution in [0, 0.1) is 5.82 Å². The van der Waals surface area contributed by atoms with Crippen LogP contribution in [-0.4, -0.2) is 11.6 Å². The van der Waals surface area contributed by atoms with Gasteiger partial charge < -0.3 is 4.74 Å². The quantitative estimate of drug-likeness (QED) is 0.727. The molecule has 4 heteroatoms. The van der Waals surface area contributed by atoms with Gasteiger partial charge in [0.1, 0.15) is 11.4 Å². The SMILES string of the molecule is CC(C)(C)OC(=O)C(F)c1ccc(F)cc1. The van der Waals surface area contributed by atoms with Crippen molar-refractivity contribution >= 4 is 5.97 Å². The van der Waals surface area contributed by atoms with Gasteiger partial charge in [-0.1, -0.05) is 12.1 Å². The lowest BCUT2D eigenvalue weighted by Gasteiger charge is -2.20. The number of halogens is 2. The summed E-state index contributed by atoms with van der Waals surface area (Å²) in [5, 5.41) is 0. The molecule has 0 saturated carbocycles. The Balaban J connectivity index is 2.74. The summed E-state index contributed by atoms with van der Waals surface area (Å²) >= 11 is 0. The van der Waals surface area contributed by atoms with E-state index in [9.17, 15) is 13.6 Å². The zero-order valence-electron chi connectivity index (χ0n) is 9.46. The summed E-state index contributed by atoms with van der Waals surface area (Å²) in [6, 6.07) is 4.66. The van der Waals surface area contributed by atoms with Gasteiger partial charge in [0, 0.05) is 0 Å². The normalized spacial score (nSPS) is 13.3. The Morgan fingerprint density at radius 2 is 1.75 bits per heavy atom. The van der Waals surface area contributed by atoms with Crippen LogP contribution in [0.5, 0.6) is 0 Å². The van der Waals surface area contributed by atoms with Gasteiger partial charge in [-0.25, -0.2) is 13.6 Å². The number of benzene rings is 1. The smallest absolute Gasteiger partial charge is 0.345 e. The minimum Gasteiger partial charge on any atom is -0.458 e. The molecule has 2 nitrogen and oxygen atoms in total. The van der Waals surface area contributed by atoms with Gasteiger partial charge in [-0.15, -0.1) is 0 Å². The number of rotatable bonds is 2. The highest BCUT2D eigenvalue weighted by molar-refractivity contribution is 5.76. The first-order valence-corrected chi connectivity index (χ1v) is 4.92. The van der Waals surface area contributed by atoms with E-state index in [0.29, 0.717) is 0 Å². The van der Waals surface area contributed by atoms with E-state index < -0.39 is 23.6 Å². The van der Waals surface area contributed by atoms with Crippen molar-refractivity contribution in [1.29, 1.82) is 0 Å². The molecule has 0 heterocycles. The van der Waals surface area contributed by atoms with Crippen LogP contribution in [-0.2, 0) is 9.53 Å². The van der Waals surface area contributed by atoms with Gasteiger partial charge in [0.05, 0.1) is 0 Å². The Morgan fingerprint density at radius 1 is 1.25 bits per heavy atom. The molecule has 0 spiro atoms. The van der Waals surface area contributed by atoms with Gasteiger partial charge in [-0.3, -0.25) is 0 Å². The Kier molecular flexibility index (Phi) is 3.62. The first kappa shape index (κ1) is 12.6. The van der Waals surface area contributed by atoms with Crippen LogP contribution in [0.25, 0.3) is 0 Å². The number of carbonyl (C=O) groups excluding carboxylic acids is 1. The van der Waals surface area contributed by atoms with E-state index in [4.69, 9.17) is 4.74 Å². The number of carbonyl (C=O) groups is 1. The fourth-order valence-electron chi connectivity index (χ4n) is 1.12. The van der Waals surface area contributed by atoms with Crippen LogP contribution < -0.4 is 0 Å². The van der Waals surface area contributed by atoms with Gasteiger partial charge in [-0.05, 0) is 38.5 Å². The summed E-state index contributed by atoms with van der Waals surface area (Å²) in [4.78, 5) is 11.4. The maximum Gasteiger partial charge on any atom is 0.345 e. The van der Waals surface area contributed by atoms with Crippen molar-refractivity contribution in [3.63, 3.8) is 0 Å². The third-order valence-electron chi connectivity index (χ3n) is 1.78. The van der Waals surface area contributed by atoms with E-state index in [1.54, 1.807) is 20.8 Å². The Bertz CT molecular complexity index is 366. The van der Waals surface area contributed by atoms with E-state index in [1.165, 1.54) is 12.1 Å². The summed E-state index contributed by atoms with van der Waals surface area (Å²) in [5.41, 5.74) is -0.641. The second-order valence-corrected chi connectivity index (χ2v) is 4.45. The minimum absolute atomic E-state index is 0.0932. The molecule has 1 aromatic rings. The number of esters is 1. The van der Waals surface area contributed by atoms with E-state index in [-0.39, 0.29) is 5.56 Å². The van der Waals surface area contributed by atoms with Crippen molar-refractivity contribution in [2.45, 2.75) is 32.5 Å². The zero-order chi connectivity index (χ0) is 12.3. The molecule has 16 heavy (non-hydrogen) atoms. The summed E-state index contributed by atoms with van der Waals surface area (Å²) in [5.74, 6) is -1.43. The largest absolute Gasteiger partial charge is 0.458 e.